The van der Waals surface area contributed by atoms with Gasteiger partial charge in [-0.05, 0) is 42.0 Å². The van der Waals surface area contributed by atoms with Crippen LogP contribution in [0.4, 0.5) is 13.2 Å². The molecule has 0 fully saturated rings. The maximum absolute atomic E-state index is 12.2. The molecule has 3 aromatic rings. The molecule has 4 nitrogen and oxygen atoms in total. The Kier molecular flexibility index (Phi) is 4.01. The first kappa shape index (κ1) is 16.0. The largest absolute Gasteiger partial charge is 0.573 e. The Balaban J connectivity index is 1.98. The number of benzene rings is 2. The molecule has 0 aliphatic heterocycles. The summed E-state index contributed by atoms with van der Waals surface area (Å²) in [6.07, 6.45) is -2.95. The second-order valence-electron chi connectivity index (χ2n) is 5.20. The molecule has 0 spiro atoms. The van der Waals surface area contributed by atoms with Crippen molar-refractivity contribution < 1.29 is 17.9 Å². The van der Waals surface area contributed by atoms with Crippen molar-refractivity contribution >= 4 is 17.2 Å². The highest BCUT2D eigenvalue weighted by atomic mass is 19.4. The number of hydrogen-bond donors (Lipinski definition) is 0. The van der Waals surface area contributed by atoms with Crippen LogP contribution in [-0.4, -0.2) is 29.2 Å². The number of rotatable bonds is 3. The Morgan fingerprint density at radius 3 is 2.46 bits per heavy atom. The summed E-state index contributed by atoms with van der Waals surface area (Å²) in [6, 6.07) is 11.4. The highest BCUT2D eigenvalue weighted by Gasteiger charge is 2.31. The van der Waals surface area contributed by atoms with Gasteiger partial charge in [-0.25, -0.2) is 4.98 Å². The lowest BCUT2D eigenvalue weighted by atomic mass is 10.2. The van der Waals surface area contributed by atoms with Crippen molar-refractivity contribution in [2.45, 2.75) is 6.36 Å². The maximum atomic E-state index is 12.2. The molecule has 0 aliphatic rings. The van der Waals surface area contributed by atoms with Crippen LogP contribution in [0, 0.1) is 0 Å². The van der Waals surface area contributed by atoms with Gasteiger partial charge in [0.25, 0.3) is 0 Å². The number of nitrogens with zero attached hydrogens (tertiary/aromatic N) is 3. The summed E-state index contributed by atoms with van der Waals surface area (Å²) in [7, 11) is 3.56. The zero-order chi connectivity index (χ0) is 17.3. The SMILES string of the molecule is C/N=C/c1ccc2nc(-c3ccc(OC(F)(F)F)cc3)n(C)c2c1. The fourth-order valence-electron chi connectivity index (χ4n) is 2.50. The second-order valence-corrected chi connectivity index (χ2v) is 5.20. The third-order valence-electron chi connectivity index (χ3n) is 3.53. The minimum absolute atomic E-state index is 0.258. The van der Waals surface area contributed by atoms with Gasteiger partial charge >= 0.3 is 6.36 Å². The first-order valence-corrected chi connectivity index (χ1v) is 7.12. The van der Waals surface area contributed by atoms with Crippen LogP contribution in [0.1, 0.15) is 5.56 Å². The van der Waals surface area contributed by atoms with Gasteiger partial charge in [-0.15, -0.1) is 13.2 Å². The minimum Gasteiger partial charge on any atom is -0.406 e. The van der Waals surface area contributed by atoms with Gasteiger partial charge in [0.05, 0.1) is 11.0 Å². The van der Waals surface area contributed by atoms with E-state index in [1.165, 1.54) is 12.1 Å². The fraction of sp³-hybridized carbons (Fsp3) is 0.176. The molecule has 3 rings (SSSR count). The highest BCUT2D eigenvalue weighted by molar-refractivity contribution is 5.89. The lowest BCUT2D eigenvalue weighted by molar-refractivity contribution is -0.274. The predicted molar refractivity (Wildman–Crippen MR) is 86.4 cm³/mol. The van der Waals surface area contributed by atoms with Crippen LogP contribution < -0.4 is 4.74 Å². The molecule has 0 atom stereocenters. The van der Waals surface area contributed by atoms with Crippen molar-refractivity contribution in [1.29, 1.82) is 0 Å². The summed E-state index contributed by atoms with van der Waals surface area (Å²) in [6.45, 7) is 0. The van der Waals surface area contributed by atoms with Crippen molar-refractivity contribution in [2.24, 2.45) is 12.0 Å². The number of aliphatic imine (C=N–C) groups is 1. The van der Waals surface area contributed by atoms with Crippen molar-refractivity contribution in [3.05, 3.63) is 48.0 Å². The van der Waals surface area contributed by atoms with E-state index in [1.807, 2.05) is 29.8 Å². The first-order valence-electron chi connectivity index (χ1n) is 7.12. The molecule has 7 heteroatoms. The van der Waals surface area contributed by atoms with Gasteiger partial charge in [0.15, 0.2) is 0 Å². The quantitative estimate of drug-likeness (QED) is 0.674. The molecule has 1 heterocycles. The molecule has 0 unspecified atom stereocenters. The average molecular weight is 333 g/mol. The van der Waals surface area contributed by atoms with Crippen LogP contribution in [0.2, 0.25) is 0 Å². The van der Waals surface area contributed by atoms with E-state index in [2.05, 4.69) is 14.7 Å². The van der Waals surface area contributed by atoms with Crippen molar-refractivity contribution in [3.8, 4) is 17.1 Å². The first-order chi connectivity index (χ1) is 11.4. The van der Waals surface area contributed by atoms with Gasteiger partial charge in [-0.1, -0.05) is 6.07 Å². The van der Waals surface area contributed by atoms with E-state index < -0.39 is 6.36 Å². The minimum atomic E-state index is -4.70. The van der Waals surface area contributed by atoms with E-state index >= 15 is 0 Å². The Labute approximate surface area is 136 Å². The summed E-state index contributed by atoms with van der Waals surface area (Å²) in [5.74, 6) is 0.403. The van der Waals surface area contributed by atoms with E-state index in [-0.39, 0.29) is 5.75 Å². The lowest BCUT2D eigenvalue weighted by Crippen LogP contribution is -2.16. The lowest BCUT2D eigenvalue weighted by Gasteiger charge is -2.09. The average Bonchev–Trinajstić information content (AvgIpc) is 2.84. The van der Waals surface area contributed by atoms with Crippen molar-refractivity contribution in [1.82, 2.24) is 9.55 Å². The van der Waals surface area contributed by atoms with Gasteiger partial charge < -0.3 is 9.30 Å². The van der Waals surface area contributed by atoms with Crippen LogP contribution in [0.25, 0.3) is 22.4 Å². The van der Waals surface area contributed by atoms with Crippen LogP contribution in [-0.2, 0) is 7.05 Å². The van der Waals surface area contributed by atoms with Crippen molar-refractivity contribution in [3.63, 3.8) is 0 Å². The Morgan fingerprint density at radius 1 is 1.12 bits per heavy atom. The number of halogens is 3. The number of hydrogen-bond acceptors (Lipinski definition) is 3. The molecule has 1 aromatic heterocycles. The smallest absolute Gasteiger partial charge is 0.406 e. The Bertz CT molecular complexity index is 896. The van der Waals surface area contributed by atoms with Gasteiger partial charge in [-0.2, -0.15) is 0 Å². The summed E-state index contributed by atoms with van der Waals surface area (Å²) in [4.78, 5) is 8.53. The number of fused-ring (bicyclic) bond motifs is 1. The van der Waals surface area contributed by atoms with Gasteiger partial charge in [0.1, 0.15) is 11.6 Å². The highest BCUT2D eigenvalue weighted by Crippen LogP contribution is 2.28. The standard InChI is InChI=1S/C17H14F3N3O/c1-21-10-11-3-8-14-15(9-11)23(2)16(22-14)12-4-6-13(7-5-12)24-17(18,19)20/h3-10H,1-2H3/b21-10+. The second kappa shape index (κ2) is 5.99. The third kappa shape index (κ3) is 3.24. The number of ether oxygens (including phenoxy) is 1. The molecule has 0 aliphatic carbocycles. The number of alkyl halides is 3. The number of aryl methyl sites for hydroxylation is 1. The zero-order valence-electron chi connectivity index (χ0n) is 13.0. The zero-order valence-corrected chi connectivity index (χ0v) is 13.0. The molecule has 0 radical (unpaired) electrons. The number of aromatic nitrogens is 2. The molecule has 2 aromatic carbocycles. The summed E-state index contributed by atoms with van der Waals surface area (Å²) in [5, 5.41) is 0. The number of imidazole rings is 1. The molecule has 0 saturated carbocycles. The van der Waals surface area contributed by atoms with E-state index in [1.54, 1.807) is 25.4 Å². The summed E-state index contributed by atoms with van der Waals surface area (Å²) < 4.78 is 42.4. The predicted octanol–water partition coefficient (Wildman–Crippen LogP) is 4.19. The van der Waals surface area contributed by atoms with Gasteiger partial charge in [0.2, 0.25) is 0 Å². The Morgan fingerprint density at radius 2 is 1.83 bits per heavy atom. The van der Waals surface area contributed by atoms with Crippen LogP contribution in [0.5, 0.6) is 5.75 Å². The van der Waals surface area contributed by atoms with Crippen LogP contribution in [0.15, 0.2) is 47.5 Å². The maximum Gasteiger partial charge on any atom is 0.573 e. The topological polar surface area (TPSA) is 39.4 Å². The molecule has 24 heavy (non-hydrogen) atoms. The molecular weight excluding hydrogens is 319 g/mol. The molecule has 124 valence electrons. The van der Waals surface area contributed by atoms with Gasteiger partial charge in [0, 0.05) is 25.9 Å². The van der Waals surface area contributed by atoms with Crippen LogP contribution in [0.3, 0.4) is 0 Å². The third-order valence-corrected chi connectivity index (χ3v) is 3.53. The molecule has 0 N–H and O–H groups in total. The van der Waals surface area contributed by atoms with E-state index in [9.17, 15) is 13.2 Å². The van der Waals surface area contributed by atoms with E-state index in [0.717, 1.165) is 16.6 Å². The van der Waals surface area contributed by atoms with E-state index in [4.69, 9.17) is 0 Å². The summed E-state index contributed by atoms with van der Waals surface area (Å²) >= 11 is 0. The molecule has 0 bridgehead atoms. The molecule has 0 amide bonds. The normalized spacial score (nSPS) is 12.2. The summed E-state index contributed by atoms with van der Waals surface area (Å²) in [5.41, 5.74) is 3.37. The Hall–Kier alpha value is -2.83. The van der Waals surface area contributed by atoms with E-state index in [0.29, 0.717) is 11.4 Å². The fourth-order valence-corrected chi connectivity index (χ4v) is 2.50. The molecule has 0 saturated heterocycles. The molecular formula is C17H14F3N3O. The van der Waals surface area contributed by atoms with Crippen molar-refractivity contribution in [2.75, 3.05) is 7.05 Å². The monoisotopic (exact) mass is 333 g/mol. The van der Waals surface area contributed by atoms with Crippen LogP contribution >= 0.6 is 0 Å². The van der Waals surface area contributed by atoms with Gasteiger partial charge in [-0.3, -0.25) is 4.99 Å².